The number of Topliss-reactive ketones (excluding diaryl/α,β-unsaturated/α-hetero) is 1. The lowest BCUT2D eigenvalue weighted by Crippen LogP contribution is -2.37. The van der Waals surface area contributed by atoms with E-state index in [1.165, 1.54) is 13.0 Å². The van der Waals surface area contributed by atoms with Crippen LogP contribution in [0.1, 0.15) is 29.3 Å². The maximum Gasteiger partial charge on any atom is 0.234 e. The minimum Gasteiger partial charge on any atom is -0.355 e. The first kappa shape index (κ1) is 19.7. The van der Waals surface area contributed by atoms with Gasteiger partial charge >= 0.3 is 0 Å². The number of sulfonamides is 1. The molecule has 0 radical (unpaired) electrons. The molecular weight excluding hydrogens is 352 g/mol. The molecule has 0 aliphatic rings. The average molecular weight is 374 g/mol. The van der Waals surface area contributed by atoms with Gasteiger partial charge in [0.1, 0.15) is 0 Å². The van der Waals surface area contributed by atoms with Crippen molar-refractivity contribution in [1.82, 2.24) is 5.32 Å². The van der Waals surface area contributed by atoms with Crippen LogP contribution in [0.15, 0.2) is 54.6 Å². The van der Waals surface area contributed by atoms with Gasteiger partial charge in [-0.1, -0.05) is 42.5 Å². The molecule has 0 heterocycles. The lowest BCUT2D eigenvalue weighted by atomic mass is 10.1. The first-order chi connectivity index (χ1) is 12.4. The van der Waals surface area contributed by atoms with Crippen LogP contribution in [0.25, 0.3) is 0 Å². The molecule has 0 spiro atoms. The van der Waals surface area contributed by atoms with Crippen molar-refractivity contribution >= 4 is 27.9 Å². The zero-order chi connectivity index (χ0) is 19.0. The highest BCUT2D eigenvalue weighted by molar-refractivity contribution is 7.92. The Morgan fingerprint density at radius 1 is 1.12 bits per heavy atom. The van der Waals surface area contributed by atoms with Gasteiger partial charge in [0.15, 0.2) is 5.78 Å². The predicted octanol–water partition coefficient (Wildman–Crippen LogP) is 2.38. The second-order valence-corrected chi connectivity index (χ2v) is 7.79. The van der Waals surface area contributed by atoms with Crippen molar-refractivity contribution in [2.75, 3.05) is 10.5 Å². The van der Waals surface area contributed by atoms with Crippen molar-refractivity contribution in [1.29, 1.82) is 0 Å². The Morgan fingerprint density at radius 2 is 1.85 bits per heavy atom. The van der Waals surface area contributed by atoms with Crippen LogP contribution in [0.2, 0.25) is 0 Å². The molecule has 0 aliphatic heterocycles. The summed E-state index contributed by atoms with van der Waals surface area (Å²) >= 11 is 0. The van der Waals surface area contributed by atoms with Gasteiger partial charge in [0.05, 0.1) is 5.75 Å². The van der Waals surface area contributed by atoms with Gasteiger partial charge in [0, 0.05) is 17.3 Å². The standard InChI is InChI=1S/C19H22N2O4S/c1-15(23)17-8-5-9-18(12-17)21-26(24,25)13-19(20-14-22)11-10-16-6-3-2-4-7-16/h2-9,12,14,19,21H,10-11,13H2,1H3,(H,20,22)/t19-/m0/s1. The molecule has 26 heavy (non-hydrogen) atoms. The number of amides is 1. The largest absolute Gasteiger partial charge is 0.355 e. The minimum atomic E-state index is -3.69. The van der Waals surface area contributed by atoms with E-state index in [9.17, 15) is 18.0 Å². The number of rotatable bonds is 10. The van der Waals surface area contributed by atoms with E-state index in [1.807, 2.05) is 30.3 Å². The van der Waals surface area contributed by atoms with Crippen molar-refractivity contribution in [3.63, 3.8) is 0 Å². The summed E-state index contributed by atoms with van der Waals surface area (Å²) in [6, 6.07) is 15.4. The van der Waals surface area contributed by atoms with Gasteiger partial charge in [-0.15, -0.1) is 0 Å². The van der Waals surface area contributed by atoms with Gasteiger partial charge in [-0.25, -0.2) is 8.42 Å². The third-order valence-corrected chi connectivity index (χ3v) is 5.28. The Morgan fingerprint density at radius 3 is 2.50 bits per heavy atom. The third-order valence-electron chi connectivity index (χ3n) is 3.89. The van der Waals surface area contributed by atoms with Crippen molar-refractivity contribution in [3.05, 3.63) is 65.7 Å². The number of hydrogen-bond acceptors (Lipinski definition) is 4. The van der Waals surface area contributed by atoms with Gasteiger partial charge in [0.2, 0.25) is 16.4 Å². The molecule has 1 amide bonds. The maximum absolute atomic E-state index is 12.4. The second-order valence-electron chi connectivity index (χ2n) is 6.03. The quantitative estimate of drug-likeness (QED) is 0.493. The SMILES string of the molecule is CC(=O)c1cccc(NS(=O)(=O)C[C@H](CCc2ccccc2)NC=O)c1. The van der Waals surface area contributed by atoms with E-state index in [-0.39, 0.29) is 11.5 Å². The number of ketones is 1. The summed E-state index contributed by atoms with van der Waals surface area (Å²) in [6.45, 7) is 1.42. The number of carbonyl (C=O) groups is 2. The molecule has 2 aromatic carbocycles. The van der Waals surface area contributed by atoms with E-state index < -0.39 is 16.1 Å². The van der Waals surface area contributed by atoms with Crippen LogP contribution in [0.5, 0.6) is 0 Å². The third kappa shape index (κ3) is 6.33. The molecule has 0 saturated heterocycles. The first-order valence-electron chi connectivity index (χ1n) is 8.25. The second kappa shape index (κ2) is 9.15. The van der Waals surface area contributed by atoms with Crippen LogP contribution in [-0.4, -0.2) is 32.4 Å². The molecule has 1 atom stereocenters. The van der Waals surface area contributed by atoms with Crippen LogP contribution < -0.4 is 10.0 Å². The molecule has 0 aliphatic carbocycles. The zero-order valence-corrected chi connectivity index (χ0v) is 15.3. The normalized spacial score (nSPS) is 12.2. The van der Waals surface area contributed by atoms with E-state index in [0.717, 1.165) is 5.56 Å². The molecule has 2 aromatic rings. The van der Waals surface area contributed by atoms with Crippen LogP contribution in [0.3, 0.4) is 0 Å². The van der Waals surface area contributed by atoms with Gasteiger partial charge in [0.25, 0.3) is 0 Å². The molecule has 0 bridgehead atoms. The van der Waals surface area contributed by atoms with Crippen molar-refractivity contribution in [2.45, 2.75) is 25.8 Å². The Labute approximate surface area is 153 Å². The number of anilines is 1. The molecule has 0 aromatic heterocycles. The summed E-state index contributed by atoms with van der Waals surface area (Å²) in [5, 5.41) is 2.57. The van der Waals surface area contributed by atoms with Gasteiger partial charge in [-0.05, 0) is 37.5 Å². The number of nitrogens with one attached hydrogen (secondary N) is 2. The van der Waals surface area contributed by atoms with Crippen molar-refractivity contribution in [3.8, 4) is 0 Å². The first-order valence-corrected chi connectivity index (χ1v) is 9.90. The lowest BCUT2D eigenvalue weighted by molar-refractivity contribution is -0.110. The fraction of sp³-hybridized carbons (Fsp3) is 0.263. The maximum atomic E-state index is 12.4. The number of hydrogen-bond donors (Lipinski definition) is 2. The monoisotopic (exact) mass is 374 g/mol. The fourth-order valence-corrected chi connectivity index (χ4v) is 3.95. The summed E-state index contributed by atoms with van der Waals surface area (Å²) in [5.74, 6) is -0.391. The number of aryl methyl sites for hydroxylation is 1. The Bertz CT molecular complexity index is 851. The molecular formula is C19H22N2O4S. The highest BCUT2D eigenvalue weighted by Gasteiger charge is 2.19. The van der Waals surface area contributed by atoms with Crippen molar-refractivity contribution < 1.29 is 18.0 Å². The van der Waals surface area contributed by atoms with Crippen LogP contribution in [0.4, 0.5) is 5.69 Å². The average Bonchev–Trinajstić information content (AvgIpc) is 2.60. The molecule has 0 saturated carbocycles. The molecule has 0 fully saturated rings. The van der Waals surface area contributed by atoms with E-state index in [0.29, 0.717) is 30.5 Å². The fourth-order valence-electron chi connectivity index (χ4n) is 2.58. The molecule has 2 rings (SSSR count). The Hall–Kier alpha value is -2.67. The van der Waals surface area contributed by atoms with E-state index in [4.69, 9.17) is 0 Å². The Balaban J connectivity index is 2.02. The van der Waals surface area contributed by atoms with E-state index in [2.05, 4.69) is 10.0 Å². The number of benzene rings is 2. The van der Waals surface area contributed by atoms with E-state index >= 15 is 0 Å². The topological polar surface area (TPSA) is 92.3 Å². The smallest absolute Gasteiger partial charge is 0.234 e. The highest BCUT2D eigenvalue weighted by Crippen LogP contribution is 2.14. The molecule has 6 nitrogen and oxygen atoms in total. The highest BCUT2D eigenvalue weighted by atomic mass is 32.2. The Kier molecular flexibility index (Phi) is 6.91. The van der Waals surface area contributed by atoms with Gasteiger partial charge in [-0.2, -0.15) is 0 Å². The summed E-state index contributed by atoms with van der Waals surface area (Å²) in [6.07, 6.45) is 1.67. The summed E-state index contributed by atoms with van der Waals surface area (Å²) in [5.41, 5.74) is 1.83. The molecule has 2 N–H and O–H groups in total. The van der Waals surface area contributed by atoms with Crippen LogP contribution in [-0.2, 0) is 21.2 Å². The minimum absolute atomic E-state index is 0.144. The molecule has 138 valence electrons. The summed E-state index contributed by atoms with van der Waals surface area (Å²) in [7, 11) is -3.69. The molecule has 0 unspecified atom stereocenters. The zero-order valence-electron chi connectivity index (χ0n) is 14.5. The van der Waals surface area contributed by atoms with Crippen LogP contribution >= 0.6 is 0 Å². The van der Waals surface area contributed by atoms with Crippen LogP contribution in [0, 0.1) is 0 Å². The van der Waals surface area contributed by atoms with Crippen molar-refractivity contribution in [2.24, 2.45) is 0 Å². The number of carbonyl (C=O) groups excluding carboxylic acids is 2. The molecule has 7 heteroatoms. The summed E-state index contributed by atoms with van der Waals surface area (Å²) < 4.78 is 27.3. The van der Waals surface area contributed by atoms with E-state index in [1.54, 1.807) is 18.2 Å². The summed E-state index contributed by atoms with van der Waals surface area (Å²) in [4.78, 5) is 22.2. The van der Waals surface area contributed by atoms with Gasteiger partial charge in [-0.3, -0.25) is 14.3 Å². The lowest BCUT2D eigenvalue weighted by Gasteiger charge is -2.17. The van der Waals surface area contributed by atoms with Gasteiger partial charge < -0.3 is 5.32 Å². The predicted molar refractivity (Wildman–Crippen MR) is 102 cm³/mol.